The van der Waals surface area contributed by atoms with Crippen molar-refractivity contribution < 1.29 is 13.2 Å². The number of nitrogens with zero attached hydrogens (tertiary/aromatic N) is 1. The second-order valence-corrected chi connectivity index (χ2v) is 5.31. The van der Waals surface area contributed by atoms with Crippen LogP contribution in [-0.2, 0) is 6.18 Å². The Morgan fingerprint density at radius 3 is 2.32 bits per heavy atom. The lowest BCUT2D eigenvalue weighted by atomic mass is 10.1. The van der Waals surface area contributed by atoms with Gasteiger partial charge in [0.2, 0.25) is 0 Å². The summed E-state index contributed by atoms with van der Waals surface area (Å²) in [6.45, 7) is 0. The van der Waals surface area contributed by atoms with Crippen LogP contribution in [0.25, 0.3) is 23.4 Å². The van der Waals surface area contributed by atoms with E-state index in [1.807, 2.05) is 30.3 Å². The third-order valence-corrected chi connectivity index (χ3v) is 3.55. The molecule has 1 N–H and O–H groups in total. The molecule has 0 amide bonds. The number of aromatic nitrogens is 2. The Bertz CT molecular complexity index is 960. The summed E-state index contributed by atoms with van der Waals surface area (Å²) < 4.78 is 39.1. The number of hydrogen-bond acceptors (Lipinski definition) is 2. The van der Waals surface area contributed by atoms with Crippen molar-refractivity contribution in [2.24, 2.45) is 0 Å². The van der Waals surface area contributed by atoms with E-state index in [2.05, 4.69) is 9.97 Å². The Hall–Kier alpha value is -3.15. The fraction of sp³-hybridized carbons (Fsp3) is 0.0526. The van der Waals surface area contributed by atoms with Crippen LogP contribution in [0.4, 0.5) is 13.2 Å². The maximum atomic E-state index is 13.0. The number of H-pyrrole nitrogens is 1. The highest BCUT2D eigenvalue weighted by Crippen LogP contribution is 2.32. The highest BCUT2D eigenvalue weighted by Gasteiger charge is 2.32. The maximum Gasteiger partial charge on any atom is 0.416 e. The molecule has 0 atom stereocenters. The predicted molar refractivity (Wildman–Crippen MR) is 90.7 cm³/mol. The van der Waals surface area contributed by atoms with Crippen LogP contribution in [-0.4, -0.2) is 9.97 Å². The SMILES string of the molecule is O=c1nc(C=Cc2ccccc2C(F)(F)F)cc(-c2ccccc2)[nH]1. The lowest BCUT2D eigenvalue weighted by Gasteiger charge is -2.09. The molecule has 0 fully saturated rings. The van der Waals surface area contributed by atoms with Crippen LogP contribution in [0.5, 0.6) is 0 Å². The summed E-state index contributed by atoms with van der Waals surface area (Å²) in [4.78, 5) is 18.1. The van der Waals surface area contributed by atoms with Gasteiger partial charge >= 0.3 is 11.9 Å². The standard InChI is InChI=1S/C19H13F3N2O/c20-19(21,22)16-9-5-4-6-13(16)10-11-15-12-17(24-18(25)23-15)14-7-2-1-3-8-14/h1-12H,(H,23,24,25). The van der Waals surface area contributed by atoms with E-state index in [9.17, 15) is 18.0 Å². The first-order valence-corrected chi connectivity index (χ1v) is 7.44. The second kappa shape index (κ2) is 6.76. The maximum absolute atomic E-state index is 13.0. The van der Waals surface area contributed by atoms with Crippen LogP contribution in [0.15, 0.2) is 65.5 Å². The summed E-state index contributed by atoms with van der Waals surface area (Å²) in [6, 6.07) is 16.0. The van der Waals surface area contributed by atoms with Crippen LogP contribution in [0.2, 0.25) is 0 Å². The zero-order chi connectivity index (χ0) is 17.9. The van der Waals surface area contributed by atoms with Crippen LogP contribution >= 0.6 is 0 Å². The monoisotopic (exact) mass is 342 g/mol. The molecule has 1 aromatic heterocycles. The van der Waals surface area contributed by atoms with E-state index >= 15 is 0 Å². The minimum Gasteiger partial charge on any atom is -0.305 e. The summed E-state index contributed by atoms with van der Waals surface area (Å²) in [6.07, 6.45) is -1.75. The van der Waals surface area contributed by atoms with E-state index in [-0.39, 0.29) is 11.3 Å². The van der Waals surface area contributed by atoms with Gasteiger partial charge in [-0.2, -0.15) is 18.2 Å². The van der Waals surface area contributed by atoms with Gasteiger partial charge < -0.3 is 4.98 Å². The third kappa shape index (κ3) is 4.03. The van der Waals surface area contributed by atoms with E-state index in [4.69, 9.17) is 0 Å². The third-order valence-electron chi connectivity index (χ3n) is 3.55. The van der Waals surface area contributed by atoms with Gasteiger partial charge in [0.05, 0.1) is 17.0 Å². The molecule has 0 saturated carbocycles. The van der Waals surface area contributed by atoms with Crippen LogP contribution in [0.1, 0.15) is 16.8 Å². The predicted octanol–water partition coefficient (Wildman–Crippen LogP) is 4.63. The van der Waals surface area contributed by atoms with Crippen molar-refractivity contribution in [1.82, 2.24) is 9.97 Å². The zero-order valence-corrected chi connectivity index (χ0v) is 12.9. The molecule has 0 unspecified atom stereocenters. The van der Waals surface area contributed by atoms with Gasteiger partial charge in [0, 0.05) is 0 Å². The van der Waals surface area contributed by atoms with Crippen molar-refractivity contribution in [2.45, 2.75) is 6.18 Å². The summed E-state index contributed by atoms with van der Waals surface area (Å²) in [5, 5.41) is 0. The van der Waals surface area contributed by atoms with Gasteiger partial charge in [-0.15, -0.1) is 0 Å². The van der Waals surface area contributed by atoms with Crippen molar-refractivity contribution in [3.63, 3.8) is 0 Å². The Morgan fingerprint density at radius 1 is 0.920 bits per heavy atom. The molecular weight excluding hydrogens is 329 g/mol. The quantitative estimate of drug-likeness (QED) is 0.754. The molecule has 3 aromatic rings. The summed E-state index contributed by atoms with van der Waals surface area (Å²) in [5.74, 6) is 0. The number of benzene rings is 2. The largest absolute Gasteiger partial charge is 0.416 e. The first kappa shape index (κ1) is 16.7. The topological polar surface area (TPSA) is 45.8 Å². The Morgan fingerprint density at radius 2 is 1.60 bits per heavy atom. The van der Waals surface area contributed by atoms with Crippen LogP contribution < -0.4 is 5.69 Å². The van der Waals surface area contributed by atoms with E-state index in [0.29, 0.717) is 5.69 Å². The number of nitrogens with one attached hydrogen (secondary N) is 1. The molecule has 0 saturated heterocycles. The summed E-state index contributed by atoms with van der Waals surface area (Å²) in [7, 11) is 0. The molecule has 0 aliphatic carbocycles. The minimum atomic E-state index is -4.45. The van der Waals surface area contributed by atoms with Crippen LogP contribution in [0, 0.1) is 0 Å². The number of alkyl halides is 3. The smallest absolute Gasteiger partial charge is 0.305 e. The molecule has 126 valence electrons. The Labute approximate surface area is 141 Å². The number of halogens is 3. The lowest BCUT2D eigenvalue weighted by Crippen LogP contribution is -2.12. The van der Waals surface area contributed by atoms with Crippen LogP contribution in [0.3, 0.4) is 0 Å². The highest BCUT2D eigenvalue weighted by atomic mass is 19.4. The van der Waals surface area contributed by atoms with E-state index < -0.39 is 17.4 Å². The second-order valence-electron chi connectivity index (χ2n) is 5.31. The van der Waals surface area contributed by atoms with E-state index in [1.165, 1.54) is 30.4 Å². The molecule has 1 heterocycles. The van der Waals surface area contributed by atoms with Gasteiger partial charge in [-0.1, -0.05) is 54.6 Å². The highest BCUT2D eigenvalue weighted by molar-refractivity contribution is 5.72. The van der Waals surface area contributed by atoms with Crippen molar-refractivity contribution >= 4 is 12.2 Å². The minimum absolute atomic E-state index is 0.0124. The zero-order valence-electron chi connectivity index (χ0n) is 12.9. The molecular formula is C19H13F3N2O. The Balaban J connectivity index is 1.98. The van der Waals surface area contributed by atoms with Gasteiger partial charge in [0.25, 0.3) is 0 Å². The molecule has 0 spiro atoms. The van der Waals surface area contributed by atoms with Crippen molar-refractivity contribution in [3.8, 4) is 11.3 Å². The van der Waals surface area contributed by atoms with Crippen molar-refractivity contribution in [2.75, 3.05) is 0 Å². The molecule has 0 aliphatic rings. The van der Waals surface area contributed by atoms with Gasteiger partial charge in [-0.3, -0.25) is 0 Å². The fourth-order valence-electron chi connectivity index (χ4n) is 2.41. The average molecular weight is 342 g/mol. The number of rotatable bonds is 3. The van der Waals surface area contributed by atoms with Gasteiger partial charge in [0.1, 0.15) is 0 Å². The van der Waals surface area contributed by atoms with Gasteiger partial charge in [-0.25, -0.2) is 4.79 Å². The van der Waals surface area contributed by atoms with Crippen molar-refractivity contribution in [1.29, 1.82) is 0 Å². The van der Waals surface area contributed by atoms with Gasteiger partial charge in [0.15, 0.2) is 0 Å². The fourth-order valence-corrected chi connectivity index (χ4v) is 2.41. The number of aromatic amines is 1. The molecule has 3 nitrogen and oxygen atoms in total. The molecule has 0 radical (unpaired) electrons. The molecule has 6 heteroatoms. The molecule has 0 bridgehead atoms. The first-order valence-electron chi connectivity index (χ1n) is 7.44. The molecule has 0 aliphatic heterocycles. The molecule has 2 aromatic carbocycles. The van der Waals surface area contributed by atoms with E-state index in [0.717, 1.165) is 11.6 Å². The molecule has 3 rings (SSSR count). The van der Waals surface area contributed by atoms with Gasteiger partial charge in [-0.05, 0) is 29.3 Å². The number of hydrogen-bond donors (Lipinski definition) is 1. The Kier molecular flexibility index (Phi) is 4.52. The van der Waals surface area contributed by atoms with E-state index in [1.54, 1.807) is 6.07 Å². The average Bonchev–Trinajstić information content (AvgIpc) is 2.60. The normalized spacial score (nSPS) is 11.8. The van der Waals surface area contributed by atoms with Crippen molar-refractivity contribution in [3.05, 3.63) is 88.0 Å². The summed E-state index contributed by atoms with van der Waals surface area (Å²) in [5.41, 5.74) is 0.319. The first-order chi connectivity index (χ1) is 11.9. The lowest BCUT2D eigenvalue weighted by molar-refractivity contribution is -0.137. The molecule has 25 heavy (non-hydrogen) atoms. The summed E-state index contributed by atoms with van der Waals surface area (Å²) >= 11 is 0.